The Morgan fingerprint density at radius 2 is 1.80 bits per heavy atom. The molecule has 0 aromatic heterocycles. The van der Waals surface area contributed by atoms with Gasteiger partial charge in [0, 0.05) is 5.56 Å². The molecule has 0 unspecified atom stereocenters. The Morgan fingerprint density at radius 1 is 1.00 bits per heavy atom. The molecule has 0 amide bonds. The van der Waals surface area contributed by atoms with Gasteiger partial charge in [0.2, 0.25) is 0 Å². The number of hydrogen-bond donors (Lipinski definition) is 0. The van der Waals surface area contributed by atoms with Crippen LogP contribution in [-0.2, 0) is 0 Å². The fraction of sp³-hybridized carbons (Fsp3) is 0. The number of nitriles is 1. The zero-order valence-corrected chi connectivity index (χ0v) is 7.94. The molecule has 2 heteroatoms. The van der Waals surface area contributed by atoms with Crippen LogP contribution in [0.2, 0.25) is 0 Å². The van der Waals surface area contributed by atoms with Gasteiger partial charge in [-0.3, -0.25) is 0 Å². The zero-order chi connectivity index (χ0) is 10.7. The molecule has 0 spiro atoms. The zero-order valence-electron chi connectivity index (χ0n) is 7.94. The topological polar surface area (TPSA) is 23.8 Å². The quantitative estimate of drug-likeness (QED) is 0.687. The molecule has 0 saturated carbocycles. The number of rotatable bonds is 1. The minimum absolute atomic E-state index is 0.271. The summed E-state index contributed by atoms with van der Waals surface area (Å²) in [6.45, 7) is 0. The predicted molar refractivity (Wildman–Crippen MR) is 56.6 cm³/mol. The maximum Gasteiger partial charge on any atom is 0.131 e. The van der Waals surface area contributed by atoms with E-state index in [0.717, 1.165) is 5.56 Å². The molecule has 0 aliphatic heterocycles. The van der Waals surface area contributed by atoms with Crippen LogP contribution < -0.4 is 0 Å². The first-order chi connectivity index (χ1) is 7.31. The third-order valence-corrected chi connectivity index (χ3v) is 2.18. The lowest BCUT2D eigenvalue weighted by atomic mass is 10.0. The van der Waals surface area contributed by atoms with Gasteiger partial charge >= 0.3 is 0 Å². The summed E-state index contributed by atoms with van der Waals surface area (Å²) in [6.07, 6.45) is 0. The number of nitrogens with zero attached hydrogens (tertiary/aromatic N) is 1. The van der Waals surface area contributed by atoms with Gasteiger partial charge in [-0.1, -0.05) is 30.3 Å². The van der Waals surface area contributed by atoms with Gasteiger partial charge in [-0.05, 0) is 23.8 Å². The summed E-state index contributed by atoms with van der Waals surface area (Å²) >= 11 is 0. The minimum atomic E-state index is -0.271. The Morgan fingerprint density at radius 3 is 2.53 bits per heavy atom. The van der Waals surface area contributed by atoms with Crippen molar-refractivity contribution in [2.24, 2.45) is 0 Å². The van der Waals surface area contributed by atoms with Gasteiger partial charge in [-0.2, -0.15) is 5.26 Å². The van der Waals surface area contributed by atoms with Gasteiger partial charge in [0.1, 0.15) is 5.82 Å². The second-order valence-corrected chi connectivity index (χ2v) is 3.17. The van der Waals surface area contributed by atoms with E-state index in [1.807, 2.05) is 6.07 Å². The molecular formula is C13H8FN. The normalized spacial score (nSPS) is 9.60. The monoisotopic (exact) mass is 197 g/mol. The van der Waals surface area contributed by atoms with Gasteiger partial charge < -0.3 is 0 Å². The molecule has 72 valence electrons. The van der Waals surface area contributed by atoms with Crippen molar-refractivity contribution in [3.8, 4) is 17.2 Å². The molecule has 0 heterocycles. The summed E-state index contributed by atoms with van der Waals surface area (Å²) in [5.41, 5.74) is 1.79. The fourth-order valence-corrected chi connectivity index (χ4v) is 1.45. The average Bonchev–Trinajstić information content (AvgIpc) is 2.30. The lowest BCUT2D eigenvalue weighted by molar-refractivity contribution is 0.631. The van der Waals surface area contributed by atoms with Gasteiger partial charge in [0.05, 0.1) is 11.6 Å². The van der Waals surface area contributed by atoms with Crippen molar-refractivity contribution in [2.45, 2.75) is 0 Å². The van der Waals surface area contributed by atoms with E-state index in [1.165, 1.54) is 6.07 Å². The molecule has 0 saturated heterocycles. The Bertz CT molecular complexity index is 526. The van der Waals surface area contributed by atoms with Gasteiger partial charge in [0.25, 0.3) is 0 Å². The molecular weight excluding hydrogens is 189 g/mol. The summed E-state index contributed by atoms with van der Waals surface area (Å²) in [5, 5.41) is 8.73. The van der Waals surface area contributed by atoms with E-state index >= 15 is 0 Å². The second kappa shape index (κ2) is 3.93. The smallest absolute Gasteiger partial charge is 0.131 e. The predicted octanol–water partition coefficient (Wildman–Crippen LogP) is 3.36. The van der Waals surface area contributed by atoms with E-state index < -0.39 is 0 Å². The SMILES string of the molecule is N#Cc1cccc(-c2ccccc2F)c1. The Hall–Kier alpha value is -2.14. The van der Waals surface area contributed by atoms with Gasteiger partial charge in [0.15, 0.2) is 0 Å². The van der Waals surface area contributed by atoms with Gasteiger partial charge in [-0.25, -0.2) is 4.39 Å². The standard InChI is InChI=1S/C13H8FN/c14-13-7-2-1-6-12(13)11-5-3-4-10(8-11)9-15/h1-8H. The lowest BCUT2D eigenvalue weighted by Gasteiger charge is -2.02. The van der Waals surface area contributed by atoms with E-state index in [2.05, 4.69) is 0 Å². The van der Waals surface area contributed by atoms with E-state index in [1.54, 1.807) is 42.5 Å². The summed E-state index contributed by atoms with van der Waals surface area (Å²) in [4.78, 5) is 0. The molecule has 1 nitrogen and oxygen atoms in total. The fourth-order valence-electron chi connectivity index (χ4n) is 1.45. The summed E-state index contributed by atoms with van der Waals surface area (Å²) < 4.78 is 13.4. The van der Waals surface area contributed by atoms with E-state index in [4.69, 9.17) is 5.26 Å². The van der Waals surface area contributed by atoms with E-state index in [-0.39, 0.29) is 5.82 Å². The highest BCUT2D eigenvalue weighted by molar-refractivity contribution is 5.65. The Kier molecular flexibility index (Phi) is 2.47. The highest BCUT2D eigenvalue weighted by atomic mass is 19.1. The summed E-state index contributed by atoms with van der Waals surface area (Å²) in [5.74, 6) is -0.271. The molecule has 2 rings (SSSR count). The highest BCUT2D eigenvalue weighted by Crippen LogP contribution is 2.22. The van der Waals surface area contributed by atoms with Crippen LogP contribution in [-0.4, -0.2) is 0 Å². The van der Waals surface area contributed by atoms with E-state index in [9.17, 15) is 4.39 Å². The van der Waals surface area contributed by atoms with Crippen molar-refractivity contribution >= 4 is 0 Å². The maximum atomic E-state index is 13.4. The first-order valence-corrected chi connectivity index (χ1v) is 4.56. The second-order valence-electron chi connectivity index (χ2n) is 3.17. The molecule has 0 aliphatic rings. The van der Waals surface area contributed by atoms with Crippen LogP contribution in [0, 0.1) is 17.1 Å². The molecule has 0 N–H and O–H groups in total. The largest absolute Gasteiger partial charge is 0.206 e. The third kappa shape index (κ3) is 1.87. The van der Waals surface area contributed by atoms with Crippen molar-refractivity contribution < 1.29 is 4.39 Å². The average molecular weight is 197 g/mol. The van der Waals surface area contributed by atoms with E-state index in [0.29, 0.717) is 11.1 Å². The minimum Gasteiger partial charge on any atom is -0.206 e. The number of benzene rings is 2. The number of hydrogen-bond acceptors (Lipinski definition) is 1. The molecule has 0 atom stereocenters. The molecule has 2 aromatic carbocycles. The first-order valence-electron chi connectivity index (χ1n) is 4.56. The van der Waals surface area contributed by atoms with Crippen molar-refractivity contribution in [1.82, 2.24) is 0 Å². The van der Waals surface area contributed by atoms with Crippen molar-refractivity contribution in [3.63, 3.8) is 0 Å². The lowest BCUT2D eigenvalue weighted by Crippen LogP contribution is -1.84. The van der Waals surface area contributed by atoms with Crippen molar-refractivity contribution in [1.29, 1.82) is 5.26 Å². The summed E-state index contributed by atoms with van der Waals surface area (Å²) in [7, 11) is 0. The van der Waals surface area contributed by atoms with Crippen LogP contribution in [0.3, 0.4) is 0 Å². The number of halogens is 1. The molecule has 2 aromatic rings. The van der Waals surface area contributed by atoms with Crippen LogP contribution in [0.25, 0.3) is 11.1 Å². The molecule has 0 aliphatic carbocycles. The Balaban J connectivity index is 2.55. The molecule has 0 bridgehead atoms. The highest BCUT2D eigenvalue weighted by Gasteiger charge is 2.03. The van der Waals surface area contributed by atoms with Crippen LogP contribution in [0.1, 0.15) is 5.56 Å². The van der Waals surface area contributed by atoms with Crippen LogP contribution in [0.4, 0.5) is 4.39 Å². The Labute approximate surface area is 87.4 Å². The summed E-state index contributed by atoms with van der Waals surface area (Å²) in [6, 6.07) is 15.5. The molecule has 0 radical (unpaired) electrons. The van der Waals surface area contributed by atoms with Gasteiger partial charge in [-0.15, -0.1) is 0 Å². The molecule has 15 heavy (non-hydrogen) atoms. The molecule has 0 fully saturated rings. The van der Waals surface area contributed by atoms with Crippen LogP contribution in [0.15, 0.2) is 48.5 Å². The van der Waals surface area contributed by atoms with Crippen LogP contribution >= 0.6 is 0 Å². The van der Waals surface area contributed by atoms with Crippen molar-refractivity contribution in [2.75, 3.05) is 0 Å². The first kappa shape index (κ1) is 9.42. The van der Waals surface area contributed by atoms with Crippen molar-refractivity contribution in [3.05, 3.63) is 59.9 Å². The third-order valence-electron chi connectivity index (χ3n) is 2.18. The maximum absolute atomic E-state index is 13.4. The van der Waals surface area contributed by atoms with Crippen LogP contribution in [0.5, 0.6) is 0 Å².